The van der Waals surface area contributed by atoms with Crippen LogP contribution in [0.3, 0.4) is 0 Å². The normalized spacial score (nSPS) is 16.3. The van der Waals surface area contributed by atoms with Crippen LogP contribution < -0.4 is 15.6 Å². The fourth-order valence-electron chi connectivity index (χ4n) is 2.25. The van der Waals surface area contributed by atoms with Crippen molar-refractivity contribution in [3.05, 3.63) is 57.5 Å². The Morgan fingerprint density at radius 2 is 2.09 bits per heavy atom. The van der Waals surface area contributed by atoms with Gasteiger partial charge >= 0.3 is 0 Å². The van der Waals surface area contributed by atoms with E-state index in [-0.39, 0.29) is 23.8 Å². The van der Waals surface area contributed by atoms with Crippen molar-refractivity contribution in [2.45, 2.75) is 19.6 Å². The molecule has 1 aromatic heterocycles. The highest BCUT2D eigenvalue weighted by molar-refractivity contribution is 6.30. The Morgan fingerprint density at radius 3 is 2.87 bits per heavy atom. The lowest BCUT2D eigenvalue weighted by molar-refractivity contribution is -0.122. The smallest absolute Gasteiger partial charge is 0.265 e. The lowest BCUT2D eigenvalue weighted by Crippen LogP contribution is -2.34. The number of halogens is 1. The van der Waals surface area contributed by atoms with Crippen LogP contribution in [-0.4, -0.2) is 22.4 Å². The predicted molar refractivity (Wildman–Crippen MR) is 85.2 cm³/mol. The summed E-state index contributed by atoms with van der Waals surface area (Å²) in [5.74, 6) is -0.0354. The summed E-state index contributed by atoms with van der Waals surface area (Å²) in [7, 11) is 0. The van der Waals surface area contributed by atoms with Crippen molar-refractivity contribution in [3.8, 4) is 5.75 Å². The molecular weight excluding hydrogens is 320 g/mol. The molecule has 3 rings (SSSR count). The topological polar surface area (TPSA) is 77.4 Å². The molecule has 1 aliphatic rings. The van der Waals surface area contributed by atoms with Crippen molar-refractivity contribution in [2.75, 3.05) is 5.32 Å². The third-order valence-electron chi connectivity index (χ3n) is 3.49. The van der Waals surface area contributed by atoms with Gasteiger partial charge in [-0.05, 0) is 31.2 Å². The molecule has 1 unspecified atom stereocenters. The Hall–Kier alpha value is -2.60. The first-order valence-corrected chi connectivity index (χ1v) is 7.32. The summed E-state index contributed by atoms with van der Waals surface area (Å²) in [6, 6.07) is 7.53. The molecule has 0 bridgehead atoms. The predicted octanol–water partition coefficient (Wildman–Crippen LogP) is 2.10. The van der Waals surface area contributed by atoms with Gasteiger partial charge in [-0.2, -0.15) is 0 Å². The first-order chi connectivity index (χ1) is 10.9. The number of anilines is 1. The average Bonchev–Trinajstić information content (AvgIpc) is 2.51. The fraction of sp³-hybridized carbons (Fsp3) is 0.188. The van der Waals surface area contributed by atoms with Gasteiger partial charge in [0.05, 0.1) is 17.3 Å². The number of nitrogens with one attached hydrogen (secondary N) is 1. The van der Waals surface area contributed by atoms with Crippen molar-refractivity contribution in [1.29, 1.82) is 0 Å². The van der Waals surface area contributed by atoms with E-state index in [1.54, 1.807) is 19.1 Å². The number of benzene rings is 1. The molecular formula is C16H13ClN2O4. The number of hydrogen-bond donors (Lipinski definition) is 1. The number of aromatic nitrogens is 1. The highest BCUT2D eigenvalue weighted by atomic mass is 35.5. The number of fused-ring (bicyclic) bond motifs is 1. The quantitative estimate of drug-likeness (QED) is 0.873. The second kappa shape index (κ2) is 5.89. The van der Waals surface area contributed by atoms with Gasteiger partial charge in [-0.1, -0.05) is 11.6 Å². The Labute approximate surface area is 136 Å². The number of nitrogens with zero attached hydrogens (tertiary/aromatic N) is 1. The molecule has 6 nitrogen and oxygen atoms in total. The van der Waals surface area contributed by atoms with Crippen LogP contribution in [-0.2, 0) is 11.3 Å². The van der Waals surface area contributed by atoms with E-state index in [1.165, 1.54) is 29.0 Å². The highest BCUT2D eigenvalue weighted by Crippen LogP contribution is 2.30. The van der Waals surface area contributed by atoms with Crippen molar-refractivity contribution in [3.63, 3.8) is 0 Å². The number of rotatable bonds is 3. The first-order valence-electron chi connectivity index (χ1n) is 6.95. The van der Waals surface area contributed by atoms with Crippen molar-refractivity contribution >= 4 is 29.0 Å². The molecule has 23 heavy (non-hydrogen) atoms. The van der Waals surface area contributed by atoms with Gasteiger partial charge in [0.2, 0.25) is 0 Å². The molecule has 0 spiro atoms. The second-order valence-corrected chi connectivity index (χ2v) is 5.63. The summed E-state index contributed by atoms with van der Waals surface area (Å²) in [5.41, 5.74) is 0.498. The van der Waals surface area contributed by atoms with Gasteiger partial charge in [-0.3, -0.25) is 14.4 Å². The van der Waals surface area contributed by atoms with Crippen LogP contribution in [0, 0.1) is 0 Å². The van der Waals surface area contributed by atoms with Gasteiger partial charge in [-0.25, -0.2) is 0 Å². The lowest BCUT2D eigenvalue weighted by atomic mass is 10.1. The average molecular weight is 333 g/mol. The molecule has 1 amide bonds. The molecule has 1 N–H and O–H groups in total. The molecule has 0 saturated heterocycles. The van der Waals surface area contributed by atoms with E-state index in [9.17, 15) is 14.4 Å². The monoisotopic (exact) mass is 332 g/mol. The van der Waals surface area contributed by atoms with Gasteiger partial charge in [0, 0.05) is 17.8 Å². The van der Waals surface area contributed by atoms with Crippen LogP contribution in [0.4, 0.5) is 5.69 Å². The zero-order valence-electron chi connectivity index (χ0n) is 12.2. The van der Waals surface area contributed by atoms with E-state index in [2.05, 4.69) is 5.32 Å². The number of carbonyl (C=O) groups is 2. The minimum Gasteiger partial charge on any atom is -0.479 e. The molecule has 0 saturated carbocycles. The SMILES string of the molecule is CC1Oc2ccc(C(=O)Cn3cc(Cl)ccc3=O)cc2NC1=O. The number of Topliss-reactive ketones (excluding diaryl/α,β-unsaturated/α-hetero) is 1. The van der Waals surface area contributed by atoms with Crippen LogP contribution in [0.1, 0.15) is 17.3 Å². The Kier molecular flexibility index (Phi) is 3.92. The van der Waals surface area contributed by atoms with Crippen molar-refractivity contribution in [2.24, 2.45) is 0 Å². The van der Waals surface area contributed by atoms with Gasteiger partial charge in [0.15, 0.2) is 11.9 Å². The zero-order chi connectivity index (χ0) is 16.6. The summed E-state index contributed by atoms with van der Waals surface area (Å²) in [6.07, 6.45) is 0.835. The van der Waals surface area contributed by atoms with E-state index in [1.807, 2.05) is 0 Å². The van der Waals surface area contributed by atoms with Crippen LogP contribution >= 0.6 is 11.6 Å². The molecule has 0 fully saturated rings. The molecule has 0 aliphatic carbocycles. The summed E-state index contributed by atoms with van der Waals surface area (Å²) >= 11 is 5.84. The third-order valence-corrected chi connectivity index (χ3v) is 3.72. The van der Waals surface area contributed by atoms with Crippen LogP contribution in [0.5, 0.6) is 5.75 Å². The Balaban J connectivity index is 1.86. The molecule has 1 aliphatic heterocycles. The summed E-state index contributed by atoms with van der Waals surface area (Å²) in [6.45, 7) is 1.51. The lowest BCUT2D eigenvalue weighted by Gasteiger charge is -2.23. The molecule has 1 aromatic carbocycles. The maximum atomic E-state index is 12.4. The Bertz CT molecular complexity index is 859. The van der Waals surface area contributed by atoms with Crippen LogP contribution in [0.15, 0.2) is 41.3 Å². The standard InChI is InChI=1S/C16H13ClN2O4/c1-9-16(22)18-12-6-10(2-4-14(12)23-9)13(20)8-19-7-11(17)3-5-15(19)21/h2-7,9H,8H2,1H3,(H,18,22). The van der Waals surface area contributed by atoms with E-state index in [0.29, 0.717) is 22.0 Å². The summed E-state index contributed by atoms with van der Waals surface area (Å²) in [5, 5.41) is 3.06. The van der Waals surface area contributed by atoms with Gasteiger partial charge in [0.1, 0.15) is 5.75 Å². The highest BCUT2D eigenvalue weighted by Gasteiger charge is 2.24. The zero-order valence-corrected chi connectivity index (χ0v) is 13.0. The number of ketones is 1. The van der Waals surface area contributed by atoms with Crippen molar-refractivity contribution < 1.29 is 14.3 Å². The van der Waals surface area contributed by atoms with Gasteiger partial charge in [-0.15, -0.1) is 0 Å². The van der Waals surface area contributed by atoms with Crippen LogP contribution in [0.2, 0.25) is 5.02 Å². The van der Waals surface area contributed by atoms with E-state index in [0.717, 1.165) is 0 Å². The van der Waals surface area contributed by atoms with Gasteiger partial charge < -0.3 is 14.6 Å². The molecule has 2 heterocycles. The molecule has 7 heteroatoms. The van der Waals surface area contributed by atoms with E-state index < -0.39 is 6.10 Å². The fourth-order valence-corrected chi connectivity index (χ4v) is 2.43. The first kappa shape index (κ1) is 15.3. The number of carbonyl (C=O) groups excluding carboxylic acids is 2. The molecule has 0 radical (unpaired) electrons. The summed E-state index contributed by atoms with van der Waals surface area (Å²) in [4.78, 5) is 35.7. The van der Waals surface area contributed by atoms with Crippen LogP contribution in [0.25, 0.3) is 0 Å². The molecule has 1 atom stereocenters. The number of ether oxygens (including phenoxy) is 1. The van der Waals surface area contributed by atoms with E-state index >= 15 is 0 Å². The van der Waals surface area contributed by atoms with Crippen molar-refractivity contribution in [1.82, 2.24) is 4.57 Å². The van der Waals surface area contributed by atoms with Gasteiger partial charge in [0.25, 0.3) is 11.5 Å². The number of amides is 1. The largest absolute Gasteiger partial charge is 0.479 e. The van der Waals surface area contributed by atoms with E-state index in [4.69, 9.17) is 16.3 Å². The Morgan fingerprint density at radius 1 is 1.30 bits per heavy atom. The second-order valence-electron chi connectivity index (χ2n) is 5.20. The molecule has 118 valence electrons. The molecule has 2 aromatic rings. The minimum atomic E-state index is -0.575. The maximum absolute atomic E-state index is 12.4. The maximum Gasteiger partial charge on any atom is 0.265 e. The summed E-state index contributed by atoms with van der Waals surface area (Å²) < 4.78 is 6.67. The minimum absolute atomic E-state index is 0.136. The third kappa shape index (κ3) is 3.12. The number of hydrogen-bond acceptors (Lipinski definition) is 4. The number of pyridine rings is 1.